The highest BCUT2D eigenvalue weighted by Crippen LogP contribution is 2.36. The average Bonchev–Trinajstić information content (AvgIpc) is 2.37. The summed E-state index contributed by atoms with van der Waals surface area (Å²) in [5, 5.41) is 9.24. The van der Waals surface area contributed by atoms with Gasteiger partial charge in [0.15, 0.2) is 0 Å². The largest absolute Gasteiger partial charge is 0.456 e. The van der Waals surface area contributed by atoms with E-state index in [9.17, 15) is 5.26 Å². The van der Waals surface area contributed by atoms with Gasteiger partial charge < -0.3 is 4.74 Å². The normalized spacial score (nSPS) is 11.0. The molecule has 2 nitrogen and oxygen atoms in total. The molecule has 0 aromatic heterocycles. The predicted molar refractivity (Wildman–Crippen MR) is 85.8 cm³/mol. The number of ether oxygens (including phenoxy) is 1. The highest BCUT2D eigenvalue weighted by Gasteiger charge is 2.20. The molecule has 2 heteroatoms. The summed E-state index contributed by atoms with van der Waals surface area (Å²) in [5.41, 5.74) is 3.90. The lowest BCUT2D eigenvalue weighted by molar-refractivity contribution is 0.453. The van der Waals surface area contributed by atoms with Crippen LogP contribution in [0.3, 0.4) is 0 Å². The summed E-state index contributed by atoms with van der Waals surface area (Å²) in [6.07, 6.45) is 0. The van der Waals surface area contributed by atoms with Crippen LogP contribution >= 0.6 is 0 Å². The molecule has 0 saturated heterocycles. The Hall–Kier alpha value is -2.27. The molecule has 0 aliphatic rings. The number of benzene rings is 2. The highest BCUT2D eigenvalue weighted by atomic mass is 16.5. The van der Waals surface area contributed by atoms with Gasteiger partial charge in [0.25, 0.3) is 0 Å². The van der Waals surface area contributed by atoms with Crippen LogP contribution in [-0.4, -0.2) is 0 Å². The molecule has 0 aliphatic carbocycles. The van der Waals surface area contributed by atoms with E-state index in [0.717, 1.165) is 22.4 Å². The van der Waals surface area contributed by atoms with Crippen molar-refractivity contribution in [3.63, 3.8) is 0 Å². The molecule has 0 atom stereocenters. The van der Waals surface area contributed by atoms with Crippen LogP contribution in [0.4, 0.5) is 0 Å². The van der Waals surface area contributed by atoms with Gasteiger partial charge in [-0.15, -0.1) is 0 Å². The second-order valence-electron chi connectivity index (χ2n) is 6.46. The molecule has 2 aromatic carbocycles. The maximum absolute atomic E-state index is 9.24. The molecular weight excluding hydrogens is 258 g/mol. The minimum atomic E-state index is -0.0142. The van der Waals surface area contributed by atoms with E-state index in [1.807, 2.05) is 32.0 Å². The predicted octanol–water partition coefficient (Wildman–Crippen LogP) is 5.26. The molecule has 0 amide bonds. The quantitative estimate of drug-likeness (QED) is 0.750. The fraction of sp³-hybridized carbons (Fsp3) is 0.316. The summed E-state index contributed by atoms with van der Waals surface area (Å²) >= 11 is 0. The van der Waals surface area contributed by atoms with Crippen molar-refractivity contribution in [2.75, 3.05) is 0 Å². The highest BCUT2D eigenvalue weighted by molar-refractivity contribution is 5.50. The molecule has 0 spiro atoms. The molecule has 0 bridgehead atoms. The van der Waals surface area contributed by atoms with E-state index in [4.69, 9.17) is 4.74 Å². The fourth-order valence-electron chi connectivity index (χ4n) is 2.26. The van der Waals surface area contributed by atoms with Crippen LogP contribution in [0.2, 0.25) is 0 Å². The first kappa shape index (κ1) is 15.1. The molecule has 0 unspecified atom stereocenters. The van der Waals surface area contributed by atoms with E-state index in [-0.39, 0.29) is 5.41 Å². The van der Waals surface area contributed by atoms with E-state index >= 15 is 0 Å². The molecule has 0 radical (unpaired) electrons. The maximum atomic E-state index is 9.24. The third-order valence-corrected chi connectivity index (χ3v) is 3.42. The summed E-state index contributed by atoms with van der Waals surface area (Å²) in [6, 6.07) is 14.1. The zero-order chi connectivity index (χ0) is 15.6. The maximum Gasteiger partial charge on any atom is 0.145 e. The van der Waals surface area contributed by atoms with Crippen molar-refractivity contribution in [1.29, 1.82) is 5.26 Å². The van der Waals surface area contributed by atoms with E-state index in [2.05, 4.69) is 39.0 Å². The molecular formula is C19H21NO. The van der Waals surface area contributed by atoms with Gasteiger partial charge >= 0.3 is 0 Å². The van der Waals surface area contributed by atoms with Crippen LogP contribution in [0.15, 0.2) is 36.4 Å². The number of nitriles is 1. The van der Waals surface area contributed by atoms with Gasteiger partial charge in [-0.05, 0) is 48.6 Å². The molecule has 0 saturated carbocycles. The molecule has 2 rings (SSSR count). The smallest absolute Gasteiger partial charge is 0.145 e. The van der Waals surface area contributed by atoms with Crippen molar-refractivity contribution < 1.29 is 4.74 Å². The Kier molecular flexibility index (Phi) is 4.04. The summed E-state index contributed by atoms with van der Waals surface area (Å²) in [5.74, 6) is 1.44. The third-order valence-electron chi connectivity index (χ3n) is 3.42. The lowest BCUT2D eigenvalue weighted by atomic mass is 9.86. The summed E-state index contributed by atoms with van der Waals surface area (Å²) in [4.78, 5) is 0. The lowest BCUT2D eigenvalue weighted by Crippen LogP contribution is -2.12. The van der Waals surface area contributed by atoms with E-state index in [1.165, 1.54) is 0 Å². The number of hydrogen-bond acceptors (Lipinski definition) is 2. The van der Waals surface area contributed by atoms with Gasteiger partial charge in [-0.2, -0.15) is 5.26 Å². The van der Waals surface area contributed by atoms with Crippen molar-refractivity contribution in [2.24, 2.45) is 0 Å². The molecule has 0 fully saturated rings. The Balaban J connectivity index is 2.52. The van der Waals surface area contributed by atoms with Crippen molar-refractivity contribution >= 4 is 0 Å². The zero-order valence-electron chi connectivity index (χ0n) is 13.3. The summed E-state index contributed by atoms with van der Waals surface area (Å²) in [6.45, 7) is 10.5. The summed E-state index contributed by atoms with van der Waals surface area (Å²) in [7, 11) is 0. The number of hydrogen-bond donors (Lipinski definition) is 0. The Morgan fingerprint density at radius 2 is 1.48 bits per heavy atom. The number of aryl methyl sites for hydroxylation is 2. The zero-order valence-corrected chi connectivity index (χ0v) is 13.3. The van der Waals surface area contributed by atoms with E-state index < -0.39 is 0 Å². The van der Waals surface area contributed by atoms with Gasteiger partial charge in [0.05, 0.1) is 5.56 Å². The van der Waals surface area contributed by atoms with E-state index in [0.29, 0.717) is 11.3 Å². The van der Waals surface area contributed by atoms with Crippen molar-refractivity contribution in [3.8, 4) is 17.6 Å². The molecule has 0 N–H and O–H groups in total. The average molecular weight is 279 g/mol. The first-order chi connectivity index (χ1) is 9.81. The van der Waals surface area contributed by atoms with E-state index in [1.54, 1.807) is 6.07 Å². The Labute approximate surface area is 127 Å². The second-order valence-corrected chi connectivity index (χ2v) is 6.46. The van der Waals surface area contributed by atoms with Gasteiger partial charge in [0.2, 0.25) is 0 Å². The fourth-order valence-corrected chi connectivity index (χ4v) is 2.26. The van der Waals surface area contributed by atoms with Crippen molar-refractivity contribution in [2.45, 2.75) is 40.0 Å². The van der Waals surface area contributed by atoms with Crippen LogP contribution in [0, 0.1) is 25.2 Å². The minimum Gasteiger partial charge on any atom is -0.456 e. The Morgan fingerprint density at radius 1 is 0.905 bits per heavy atom. The van der Waals surface area contributed by atoms with Crippen LogP contribution in [0.25, 0.3) is 0 Å². The minimum absolute atomic E-state index is 0.0142. The second kappa shape index (κ2) is 5.61. The SMILES string of the molecule is Cc1ccc(C#N)c(Oc2cc(C)ccc2C(C)(C)C)c1. The van der Waals surface area contributed by atoms with Gasteiger partial charge in [-0.1, -0.05) is 39.0 Å². The van der Waals surface area contributed by atoms with Gasteiger partial charge in [-0.3, -0.25) is 0 Å². The molecule has 21 heavy (non-hydrogen) atoms. The van der Waals surface area contributed by atoms with Gasteiger partial charge in [0, 0.05) is 5.56 Å². The standard InChI is InChI=1S/C19H21NO/c1-13-6-8-15(12-20)17(10-13)21-18-11-14(2)7-9-16(18)19(3,4)5/h6-11H,1-5H3. The van der Waals surface area contributed by atoms with Crippen molar-refractivity contribution in [1.82, 2.24) is 0 Å². The van der Waals surface area contributed by atoms with Crippen LogP contribution in [0.5, 0.6) is 11.5 Å². The first-order valence-electron chi connectivity index (χ1n) is 7.11. The topological polar surface area (TPSA) is 33.0 Å². The summed E-state index contributed by atoms with van der Waals surface area (Å²) < 4.78 is 6.10. The Morgan fingerprint density at radius 3 is 2.05 bits per heavy atom. The van der Waals surface area contributed by atoms with Crippen LogP contribution < -0.4 is 4.74 Å². The number of rotatable bonds is 2. The van der Waals surface area contributed by atoms with Crippen LogP contribution in [-0.2, 0) is 5.41 Å². The lowest BCUT2D eigenvalue weighted by Gasteiger charge is -2.23. The monoisotopic (exact) mass is 279 g/mol. The van der Waals surface area contributed by atoms with Gasteiger partial charge in [0.1, 0.15) is 17.6 Å². The molecule has 2 aromatic rings. The van der Waals surface area contributed by atoms with Crippen LogP contribution in [0.1, 0.15) is 43.0 Å². The third kappa shape index (κ3) is 3.44. The molecule has 0 aliphatic heterocycles. The van der Waals surface area contributed by atoms with Gasteiger partial charge in [-0.25, -0.2) is 0 Å². The Bertz CT molecular complexity index is 702. The molecule has 108 valence electrons. The first-order valence-corrected chi connectivity index (χ1v) is 7.11. The molecule has 0 heterocycles. The number of nitrogens with zero attached hydrogens (tertiary/aromatic N) is 1. The van der Waals surface area contributed by atoms with Crippen molar-refractivity contribution in [3.05, 3.63) is 58.7 Å².